The van der Waals surface area contributed by atoms with Crippen molar-refractivity contribution in [2.24, 2.45) is 5.10 Å². The molecule has 0 bridgehead atoms. The Hall–Kier alpha value is -4.37. The van der Waals surface area contributed by atoms with Crippen LogP contribution >= 0.6 is 15.9 Å². The minimum Gasteiger partial charge on any atom is -0.494 e. The molecule has 0 saturated carbocycles. The van der Waals surface area contributed by atoms with Crippen LogP contribution in [0.15, 0.2) is 88.4 Å². The summed E-state index contributed by atoms with van der Waals surface area (Å²) in [5, 5.41) is 6.03. The minimum atomic E-state index is -0.530. The minimum absolute atomic E-state index is 0.210. The molecule has 1 amide bonds. The van der Waals surface area contributed by atoms with Gasteiger partial charge in [0.2, 0.25) is 0 Å². The van der Waals surface area contributed by atoms with Crippen LogP contribution in [0.4, 0.5) is 0 Å². The molecule has 4 rings (SSSR count). The number of nitrogens with zero attached hydrogens (tertiary/aromatic N) is 1. The zero-order chi connectivity index (χ0) is 26.9. The summed E-state index contributed by atoms with van der Waals surface area (Å²) >= 11 is 3.54. The fraction of sp³-hybridized carbons (Fsp3) is 0.138. The largest absolute Gasteiger partial charge is 0.494 e. The lowest BCUT2D eigenvalue weighted by atomic mass is 10.1. The van der Waals surface area contributed by atoms with Crippen LogP contribution in [-0.4, -0.2) is 38.4 Å². The van der Waals surface area contributed by atoms with E-state index in [0.717, 1.165) is 15.2 Å². The van der Waals surface area contributed by atoms with E-state index >= 15 is 0 Å². The molecule has 4 aromatic carbocycles. The van der Waals surface area contributed by atoms with Crippen LogP contribution in [0, 0.1) is 0 Å². The monoisotopic (exact) mass is 576 g/mol. The Balaban J connectivity index is 1.32. The lowest BCUT2D eigenvalue weighted by Gasteiger charge is -2.10. The zero-order valence-electron chi connectivity index (χ0n) is 20.8. The lowest BCUT2D eigenvalue weighted by molar-refractivity contribution is -0.123. The highest BCUT2D eigenvalue weighted by Gasteiger charge is 2.13. The Bertz CT molecular complexity index is 1470. The smallest absolute Gasteiger partial charge is 0.343 e. The molecule has 0 aliphatic heterocycles. The summed E-state index contributed by atoms with van der Waals surface area (Å²) in [5.41, 5.74) is 3.43. The number of methoxy groups -OCH3 is 1. The van der Waals surface area contributed by atoms with Gasteiger partial charge >= 0.3 is 5.97 Å². The summed E-state index contributed by atoms with van der Waals surface area (Å²) in [6, 6.07) is 23.2. The van der Waals surface area contributed by atoms with Crippen molar-refractivity contribution >= 4 is 44.8 Å². The van der Waals surface area contributed by atoms with E-state index in [1.54, 1.807) is 48.5 Å². The number of ether oxygens (including phenoxy) is 4. The first-order chi connectivity index (χ1) is 18.5. The predicted octanol–water partition coefficient (Wildman–Crippen LogP) is 5.76. The van der Waals surface area contributed by atoms with E-state index in [1.807, 2.05) is 37.3 Å². The van der Waals surface area contributed by atoms with Gasteiger partial charge in [-0.05, 0) is 87.7 Å². The van der Waals surface area contributed by atoms with E-state index in [4.69, 9.17) is 18.9 Å². The van der Waals surface area contributed by atoms with Crippen LogP contribution in [-0.2, 0) is 4.79 Å². The molecule has 4 aromatic rings. The number of nitrogens with one attached hydrogen (secondary N) is 1. The first-order valence-electron chi connectivity index (χ1n) is 11.7. The molecule has 38 heavy (non-hydrogen) atoms. The predicted molar refractivity (Wildman–Crippen MR) is 148 cm³/mol. The molecule has 9 heteroatoms. The van der Waals surface area contributed by atoms with Crippen molar-refractivity contribution in [3.8, 4) is 23.0 Å². The molecule has 0 saturated heterocycles. The second-order valence-corrected chi connectivity index (χ2v) is 8.73. The molecule has 0 spiro atoms. The number of rotatable bonds is 10. The fourth-order valence-electron chi connectivity index (χ4n) is 3.54. The highest BCUT2D eigenvalue weighted by Crippen LogP contribution is 2.33. The second-order valence-electron chi connectivity index (χ2n) is 7.94. The van der Waals surface area contributed by atoms with Crippen LogP contribution in [0.25, 0.3) is 10.8 Å². The molecule has 0 unspecified atom stereocenters. The molecule has 1 N–H and O–H groups in total. The third kappa shape index (κ3) is 6.68. The van der Waals surface area contributed by atoms with Gasteiger partial charge in [-0.3, -0.25) is 4.79 Å². The van der Waals surface area contributed by atoms with Crippen molar-refractivity contribution in [1.82, 2.24) is 5.43 Å². The quantitative estimate of drug-likeness (QED) is 0.112. The first kappa shape index (κ1) is 26.7. The van der Waals surface area contributed by atoms with E-state index in [2.05, 4.69) is 26.5 Å². The topological polar surface area (TPSA) is 95.5 Å². The summed E-state index contributed by atoms with van der Waals surface area (Å²) < 4.78 is 22.7. The average Bonchev–Trinajstić information content (AvgIpc) is 2.94. The SMILES string of the molecule is CCOc1ccc(C(=O)Oc2ccc(/C=N\NC(=O)COc3ccc4ccccc4c3Br)cc2OC)cc1. The van der Waals surface area contributed by atoms with Crippen molar-refractivity contribution in [2.45, 2.75) is 6.92 Å². The Morgan fingerprint density at radius 1 is 0.921 bits per heavy atom. The van der Waals surface area contributed by atoms with Gasteiger partial charge in [-0.2, -0.15) is 5.10 Å². The zero-order valence-corrected chi connectivity index (χ0v) is 22.4. The molecular weight excluding hydrogens is 552 g/mol. The number of carbonyl (C=O) groups is 2. The molecule has 0 aliphatic rings. The van der Waals surface area contributed by atoms with Gasteiger partial charge in [-0.1, -0.05) is 30.3 Å². The van der Waals surface area contributed by atoms with Gasteiger partial charge in [0.1, 0.15) is 11.5 Å². The molecular formula is C29H25BrN2O6. The first-order valence-corrected chi connectivity index (χ1v) is 12.5. The maximum Gasteiger partial charge on any atom is 0.343 e. The maximum atomic E-state index is 12.5. The van der Waals surface area contributed by atoms with E-state index in [9.17, 15) is 9.59 Å². The Morgan fingerprint density at radius 2 is 1.68 bits per heavy atom. The molecule has 0 heterocycles. The molecule has 0 radical (unpaired) electrons. The van der Waals surface area contributed by atoms with Crippen molar-refractivity contribution in [3.63, 3.8) is 0 Å². The maximum absolute atomic E-state index is 12.5. The van der Waals surface area contributed by atoms with E-state index < -0.39 is 11.9 Å². The van der Waals surface area contributed by atoms with Crippen LogP contribution in [0.1, 0.15) is 22.8 Å². The van der Waals surface area contributed by atoms with Crippen molar-refractivity contribution in [2.75, 3.05) is 20.3 Å². The van der Waals surface area contributed by atoms with Crippen LogP contribution in [0.5, 0.6) is 23.0 Å². The number of hydrazone groups is 1. The van der Waals surface area contributed by atoms with Crippen LogP contribution < -0.4 is 24.4 Å². The van der Waals surface area contributed by atoms with Crippen LogP contribution in [0.2, 0.25) is 0 Å². The van der Waals surface area contributed by atoms with Gasteiger partial charge in [0.25, 0.3) is 5.91 Å². The lowest BCUT2D eigenvalue weighted by Crippen LogP contribution is -2.24. The van der Waals surface area contributed by atoms with Gasteiger partial charge in [-0.15, -0.1) is 0 Å². The highest BCUT2D eigenvalue weighted by atomic mass is 79.9. The number of benzene rings is 4. The van der Waals surface area contributed by atoms with E-state index in [1.165, 1.54) is 13.3 Å². The summed E-state index contributed by atoms with van der Waals surface area (Å²) in [6.07, 6.45) is 1.45. The van der Waals surface area contributed by atoms with E-state index in [-0.39, 0.29) is 12.4 Å². The van der Waals surface area contributed by atoms with Gasteiger partial charge in [0, 0.05) is 0 Å². The molecule has 0 aliphatic carbocycles. The van der Waals surface area contributed by atoms with Crippen LogP contribution in [0.3, 0.4) is 0 Å². The highest BCUT2D eigenvalue weighted by molar-refractivity contribution is 9.10. The normalized spacial score (nSPS) is 10.8. The summed E-state index contributed by atoms with van der Waals surface area (Å²) in [6.45, 7) is 2.22. The molecule has 194 valence electrons. The van der Waals surface area contributed by atoms with Crippen molar-refractivity contribution < 1.29 is 28.5 Å². The van der Waals surface area contributed by atoms with Gasteiger partial charge in [0.05, 0.1) is 30.0 Å². The second kappa shape index (κ2) is 12.7. The number of amides is 1. The molecule has 8 nitrogen and oxygen atoms in total. The van der Waals surface area contributed by atoms with Gasteiger partial charge in [-0.25, -0.2) is 10.2 Å². The standard InChI is InChI=1S/C29H25BrN2O6/c1-3-36-22-12-9-21(10-13-22)29(34)38-24-14-8-19(16-26(24)35-2)17-31-32-27(33)18-37-25-15-11-20-6-4-5-7-23(20)28(25)30/h4-17H,3,18H2,1-2H3,(H,32,33)/b31-17-. The molecule has 0 atom stereocenters. The Labute approximate surface area is 228 Å². The summed E-state index contributed by atoms with van der Waals surface area (Å²) in [5.74, 6) is 0.867. The summed E-state index contributed by atoms with van der Waals surface area (Å²) in [4.78, 5) is 24.7. The fourth-order valence-corrected chi connectivity index (χ4v) is 4.15. The number of hydrogen-bond acceptors (Lipinski definition) is 7. The number of hydrogen-bond donors (Lipinski definition) is 1. The molecule has 0 fully saturated rings. The third-order valence-electron chi connectivity index (χ3n) is 5.38. The number of fused-ring (bicyclic) bond motifs is 1. The molecule has 0 aromatic heterocycles. The summed E-state index contributed by atoms with van der Waals surface area (Å²) in [7, 11) is 1.47. The van der Waals surface area contributed by atoms with Crippen molar-refractivity contribution in [1.29, 1.82) is 0 Å². The van der Waals surface area contributed by atoms with Crippen molar-refractivity contribution in [3.05, 3.63) is 94.5 Å². The average molecular weight is 577 g/mol. The van der Waals surface area contributed by atoms with Gasteiger partial charge in [0.15, 0.2) is 18.1 Å². The third-order valence-corrected chi connectivity index (χ3v) is 6.20. The van der Waals surface area contributed by atoms with Gasteiger partial charge < -0.3 is 18.9 Å². The number of carbonyl (C=O) groups excluding carboxylic acids is 2. The number of esters is 1. The number of halogens is 1. The Morgan fingerprint density at radius 3 is 2.45 bits per heavy atom. The van der Waals surface area contributed by atoms with E-state index in [0.29, 0.717) is 35.0 Å². The Kier molecular flexibility index (Phi) is 8.94.